The summed E-state index contributed by atoms with van der Waals surface area (Å²) < 4.78 is 0. The molecule has 2 heterocycles. The van der Waals surface area contributed by atoms with Crippen molar-refractivity contribution in [2.24, 2.45) is 5.92 Å². The molecule has 2 N–H and O–H groups in total. The van der Waals surface area contributed by atoms with E-state index in [0.717, 1.165) is 4.90 Å². The second-order valence-corrected chi connectivity index (χ2v) is 7.34. The Bertz CT molecular complexity index is 536. The van der Waals surface area contributed by atoms with Crippen LogP contribution in [-0.4, -0.2) is 57.1 Å². The third-order valence-corrected chi connectivity index (χ3v) is 4.75. The van der Waals surface area contributed by atoms with Crippen LogP contribution in [0.3, 0.4) is 0 Å². The van der Waals surface area contributed by atoms with Gasteiger partial charge in [-0.25, -0.2) is 0 Å². The Kier molecular flexibility index (Phi) is 4.64. The second-order valence-electron chi connectivity index (χ2n) is 7.34. The maximum Gasteiger partial charge on any atom is 0.253 e. The minimum Gasteiger partial charge on any atom is -0.356 e. The third-order valence-electron chi connectivity index (χ3n) is 4.75. The van der Waals surface area contributed by atoms with Crippen LogP contribution in [-0.2, 0) is 14.4 Å². The first-order chi connectivity index (χ1) is 10.6. The van der Waals surface area contributed by atoms with E-state index in [1.54, 1.807) is 0 Å². The first kappa shape index (κ1) is 17.6. The van der Waals surface area contributed by atoms with Crippen molar-refractivity contribution in [3.05, 3.63) is 12.2 Å². The fourth-order valence-electron chi connectivity index (χ4n) is 3.40. The highest BCUT2D eigenvalue weighted by Gasteiger charge is 2.54. The number of hydroxylamine groups is 2. The zero-order valence-electron chi connectivity index (χ0n) is 14.1. The van der Waals surface area contributed by atoms with Crippen molar-refractivity contribution in [3.8, 4) is 0 Å². The van der Waals surface area contributed by atoms with Gasteiger partial charge in [0.1, 0.15) is 0 Å². The molecule has 0 aliphatic carbocycles. The maximum atomic E-state index is 12.4. The van der Waals surface area contributed by atoms with Crippen LogP contribution in [0.15, 0.2) is 12.2 Å². The highest BCUT2D eigenvalue weighted by atomic mass is 16.5. The summed E-state index contributed by atoms with van der Waals surface area (Å²) in [7, 11) is 0. The normalized spacial score (nSPS) is 26.1. The maximum absolute atomic E-state index is 12.4. The van der Waals surface area contributed by atoms with Gasteiger partial charge in [0.2, 0.25) is 5.91 Å². The number of hydrogen-bond donors (Lipinski definition) is 2. The summed E-state index contributed by atoms with van der Waals surface area (Å²) in [5.74, 6) is -1.05. The van der Waals surface area contributed by atoms with Crippen LogP contribution in [0.25, 0.3) is 0 Å². The Hall–Kier alpha value is -1.73. The Labute approximate surface area is 136 Å². The summed E-state index contributed by atoms with van der Waals surface area (Å²) in [5.41, 5.74) is -1.09. The van der Waals surface area contributed by atoms with Crippen LogP contribution in [0.4, 0.5) is 0 Å². The van der Waals surface area contributed by atoms with Gasteiger partial charge in [-0.3, -0.25) is 19.3 Å². The Morgan fingerprint density at radius 3 is 2.30 bits per heavy atom. The first-order valence-electron chi connectivity index (χ1n) is 7.88. The van der Waals surface area contributed by atoms with Gasteiger partial charge in [0, 0.05) is 30.8 Å². The Morgan fingerprint density at radius 1 is 1.26 bits per heavy atom. The number of amides is 3. The van der Waals surface area contributed by atoms with E-state index in [-0.39, 0.29) is 30.2 Å². The van der Waals surface area contributed by atoms with Gasteiger partial charge >= 0.3 is 0 Å². The molecule has 0 aromatic carbocycles. The Morgan fingerprint density at radius 2 is 1.83 bits per heavy atom. The molecule has 7 heteroatoms. The van der Waals surface area contributed by atoms with E-state index in [2.05, 4.69) is 5.32 Å². The van der Waals surface area contributed by atoms with Gasteiger partial charge in [0.05, 0.1) is 11.5 Å². The lowest BCUT2D eigenvalue weighted by Gasteiger charge is -2.35. The summed E-state index contributed by atoms with van der Waals surface area (Å²) in [5, 5.41) is 14.3. The van der Waals surface area contributed by atoms with Gasteiger partial charge in [-0.15, -0.1) is 0 Å². The number of carbonyl (C=O) groups is 3. The topological polar surface area (TPSA) is 90.0 Å². The number of carbonyl (C=O) groups excluding carboxylic acids is 3. The number of nitrogens with zero attached hydrogens (tertiary/aromatic N) is 2. The molecule has 2 rings (SSSR count). The molecule has 0 aromatic rings. The van der Waals surface area contributed by atoms with E-state index < -0.39 is 11.1 Å². The van der Waals surface area contributed by atoms with Crippen LogP contribution in [0.2, 0.25) is 0 Å². The van der Waals surface area contributed by atoms with E-state index in [4.69, 9.17) is 0 Å². The SMILES string of the molecule is CC1(C)C[C@@H](C(=O)NCCCN2C(=O)C=CC2=O)C(C)(C)N1O. The van der Waals surface area contributed by atoms with Crippen LogP contribution in [0.5, 0.6) is 0 Å². The predicted molar refractivity (Wildman–Crippen MR) is 83.4 cm³/mol. The number of nitrogens with one attached hydrogen (secondary N) is 1. The summed E-state index contributed by atoms with van der Waals surface area (Å²) in [6.07, 6.45) is 3.57. The number of hydrogen-bond acceptors (Lipinski definition) is 5. The van der Waals surface area contributed by atoms with Crippen molar-refractivity contribution in [2.75, 3.05) is 13.1 Å². The molecule has 1 saturated heterocycles. The number of rotatable bonds is 5. The predicted octanol–water partition coefficient (Wildman–Crippen LogP) is 0.686. The zero-order valence-corrected chi connectivity index (χ0v) is 14.1. The standard InChI is InChI=1S/C16H25N3O4/c1-15(2)10-11(16(3,4)19(15)23)14(22)17-8-5-9-18-12(20)6-7-13(18)21/h6-7,11,23H,5,8-10H2,1-4H3,(H,17,22)/t11-/m0/s1. The van der Waals surface area contributed by atoms with E-state index in [1.807, 2.05) is 27.7 Å². The average Bonchev–Trinajstić information content (AvgIpc) is 2.86. The average molecular weight is 323 g/mol. The van der Waals surface area contributed by atoms with Gasteiger partial charge in [0.25, 0.3) is 11.8 Å². The minimum absolute atomic E-state index is 0.114. The first-order valence-corrected chi connectivity index (χ1v) is 7.88. The summed E-state index contributed by atoms with van der Waals surface area (Å²) >= 11 is 0. The molecule has 23 heavy (non-hydrogen) atoms. The highest BCUT2D eigenvalue weighted by Crippen LogP contribution is 2.43. The zero-order chi connectivity index (χ0) is 17.4. The molecule has 1 fully saturated rings. The van der Waals surface area contributed by atoms with Crippen molar-refractivity contribution in [2.45, 2.75) is 51.6 Å². The third kappa shape index (κ3) is 3.30. The lowest BCUT2D eigenvalue weighted by Crippen LogP contribution is -2.50. The van der Waals surface area contributed by atoms with Gasteiger partial charge in [-0.05, 0) is 40.5 Å². The Balaban J connectivity index is 1.82. The lowest BCUT2D eigenvalue weighted by molar-refractivity contribution is -0.197. The van der Waals surface area contributed by atoms with Crippen molar-refractivity contribution >= 4 is 17.7 Å². The van der Waals surface area contributed by atoms with Gasteiger partial charge in [-0.2, -0.15) is 5.06 Å². The molecule has 2 aliphatic rings. The van der Waals surface area contributed by atoms with E-state index in [1.165, 1.54) is 17.2 Å². The molecule has 0 radical (unpaired) electrons. The molecular formula is C16H25N3O4. The molecule has 0 spiro atoms. The van der Waals surface area contributed by atoms with Crippen molar-refractivity contribution in [1.29, 1.82) is 0 Å². The summed E-state index contributed by atoms with van der Waals surface area (Å²) in [6, 6.07) is 0. The molecule has 1 atom stereocenters. The smallest absolute Gasteiger partial charge is 0.253 e. The molecule has 0 aromatic heterocycles. The quantitative estimate of drug-likeness (QED) is 0.574. The molecule has 7 nitrogen and oxygen atoms in total. The molecule has 3 amide bonds. The second kappa shape index (κ2) is 6.05. The fraction of sp³-hybridized carbons (Fsp3) is 0.688. The molecular weight excluding hydrogens is 298 g/mol. The highest BCUT2D eigenvalue weighted by molar-refractivity contribution is 6.12. The monoisotopic (exact) mass is 323 g/mol. The fourth-order valence-corrected chi connectivity index (χ4v) is 3.40. The van der Waals surface area contributed by atoms with Crippen LogP contribution in [0, 0.1) is 5.92 Å². The molecule has 0 bridgehead atoms. The van der Waals surface area contributed by atoms with Crippen LogP contribution in [0.1, 0.15) is 40.5 Å². The van der Waals surface area contributed by atoms with Crippen LogP contribution >= 0.6 is 0 Å². The molecule has 128 valence electrons. The van der Waals surface area contributed by atoms with Crippen molar-refractivity contribution < 1.29 is 19.6 Å². The molecule has 0 unspecified atom stereocenters. The van der Waals surface area contributed by atoms with Gasteiger partial charge in [-0.1, -0.05) is 0 Å². The number of imide groups is 1. The van der Waals surface area contributed by atoms with Crippen molar-refractivity contribution in [3.63, 3.8) is 0 Å². The molecule has 2 aliphatic heterocycles. The summed E-state index contributed by atoms with van der Waals surface area (Å²) in [4.78, 5) is 36.4. The van der Waals surface area contributed by atoms with Crippen molar-refractivity contribution in [1.82, 2.24) is 15.3 Å². The van der Waals surface area contributed by atoms with Gasteiger partial charge < -0.3 is 10.5 Å². The van der Waals surface area contributed by atoms with Gasteiger partial charge in [0.15, 0.2) is 0 Å². The van der Waals surface area contributed by atoms with E-state index in [0.29, 0.717) is 19.4 Å². The minimum atomic E-state index is -0.640. The van der Waals surface area contributed by atoms with Crippen LogP contribution < -0.4 is 5.32 Å². The van der Waals surface area contributed by atoms with E-state index in [9.17, 15) is 19.6 Å². The largest absolute Gasteiger partial charge is 0.356 e. The van der Waals surface area contributed by atoms with E-state index >= 15 is 0 Å². The summed E-state index contributed by atoms with van der Waals surface area (Å²) in [6.45, 7) is 8.17. The molecule has 0 saturated carbocycles. The lowest BCUT2D eigenvalue weighted by atomic mass is 9.86.